The summed E-state index contributed by atoms with van der Waals surface area (Å²) in [6.07, 6.45) is 0. The van der Waals surface area contributed by atoms with Gasteiger partial charge >= 0.3 is 0 Å². The van der Waals surface area contributed by atoms with Crippen LogP contribution in [0.2, 0.25) is 0 Å². The molecule has 18 heavy (non-hydrogen) atoms. The van der Waals surface area contributed by atoms with Gasteiger partial charge in [0.15, 0.2) is 0 Å². The normalized spacial score (nSPS) is 11.0. The minimum Gasteiger partial charge on any atom is -0.361 e. The van der Waals surface area contributed by atoms with Crippen molar-refractivity contribution in [2.75, 3.05) is 0 Å². The Hall–Kier alpha value is -2.09. The zero-order chi connectivity index (χ0) is 13.0. The van der Waals surface area contributed by atoms with E-state index in [2.05, 4.69) is 31.3 Å². The molecule has 2 nitrogen and oxygen atoms in total. The van der Waals surface area contributed by atoms with E-state index in [1.54, 1.807) is 0 Å². The highest BCUT2D eigenvalue weighted by molar-refractivity contribution is 5.96. The van der Waals surface area contributed by atoms with Crippen LogP contribution >= 0.6 is 0 Å². The monoisotopic (exact) mass is 238 g/mol. The summed E-state index contributed by atoms with van der Waals surface area (Å²) in [7, 11) is 0. The first-order chi connectivity index (χ1) is 8.59. The van der Waals surface area contributed by atoms with E-state index in [9.17, 15) is 0 Å². The minimum absolute atomic E-state index is 0.256. The fourth-order valence-corrected chi connectivity index (χ4v) is 1.92. The maximum absolute atomic E-state index is 8.12. The SMILES string of the molecule is CC(C)(NC(=N)c1ccccc1)c1ccccc1. The molecule has 0 aliphatic heterocycles. The van der Waals surface area contributed by atoms with Crippen LogP contribution in [-0.2, 0) is 5.54 Å². The highest BCUT2D eigenvalue weighted by Gasteiger charge is 2.21. The van der Waals surface area contributed by atoms with Gasteiger partial charge in [-0.1, -0.05) is 60.7 Å². The number of hydrogen-bond donors (Lipinski definition) is 2. The Balaban J connectivity index is 2.17. The van der Waals surface area contributed by atoms with Gasteiger partial charge in [0, 0.05) is 5.56 Å². The Labute approximate surface area is 108 Å². The molecule has 0 spiro atoms. The van der Waals surface area contributed by atoms with E-state index in [1.165, 1.54) is 5.56 Å². The Bertz CT molecular complexity index is 515. The van der Waals surface area contributed by atoms with E-state index < -0.39 is 0 Å². The molecule has 0 unspecified atom stereocenters. The zero-order valence-corrected chi connectivity index (χ0v) is 10.8. The largest absolute Gasteiger partial charge is 0.361 e. The lowest BCUT2D eigenvalue weighted by atomic mass is 9.94. The lowest BCUT2D eigenvalue weighted by Crippen LogP contribution is -2.40. The van der Waals surface area contributed by atoms with Crippen molar-refractivity contribution in [3.05, 3.63) is 71.8 Å². The van der Waals surface area contributed by atoms with E-state index in [0.29, 0.717) is 5.84 Å². The van der Waals surface area contributed by atoms with Crippen LogP contribution in [0.1, 0.15) is 25.0 Å². The number of rotatable bonds is 3. The van der Waals surface area contributed by atoms with E-state index >= 15 is 0 Å². The molecular formula is C16H18N2. The van der Waals surface area contributed by atoms with Crippen LogP contribution in [0.5, 0.6) is 0 Å². The van der Waals surface area contributed by atoms with Crippen molar-refractivity contribution in [1.82, 2.24) is 5.32 Å². The van der Waals surface area contributed by atoms with Gasteiger partial charge in [0.2, 0.25) is 0 Å². The highest BCUT2D eigenvalue weighted by atomic mass is 15.0. The van der Waals surface area contributed by atoms with Crippen molar-refractivity contribution >= 4 is 5.84 Å². The van der Waals surface area contributed by atoms with Gasteiger partial charge in [-0.15, -0.1) is 0 Å². The minimum atomic E-state index is -0.256. The van der Waals surface area contributed by atoms with Gasteiger partial charge in [-0.3, -0.25) is 5.41 Å². The van der Waals surface area contributed by atoms with Crippen LogP contribution in [0.25, 0.3) is 0 Å². The molecule has 0 aliphatic rings. The standard InChI is InChI=1S/C16H18N2/c1-16(2,14-11-7-4-8-12-14)18-15(17)13-9-5-3-6-10-13/h3-12H,1-2H3,(H2,17,18). The predicted octanol–water partition coefficient (Wildman–Crippen LogP) is 3.54. The van der Waals surface area contributed by atoms with Gasteiger partial charge in [0.25, 0.3) is 0 Å². The second-order valence-corrected chi connectivity index (χ2v) is 4.86. The van der Waals surface area contributed by atoms with Crippen LogP contribution < -0.4 is 5.32 Å². The third-order valence-electron chi connectivity index (χ3n) is 3.00. The summed E-state index contributed by atoms with van der Waals surface area (Å²) in [5, 5.41) is 11.4. The van der Waals surface area contributed by atoms with Crippen molar-refractivity contribution < 1.29 is 0 Å². The summed E-state index contributed by atoms with van der Waals surface area (Å²) in [4.78, 5) is 0. The molecule has 0 bridgehead atoms. The van der Waals surface area contributed by atoms with Gasteiger partial charge in [-0.2, -0.15) is 0 Å². The van der Waals surface area contributed by atoms with E-state index in [1.807, 2.05) is 48.5 Å². The van der Waals surface area contributed by atoms with Crippen LogP contribution in [0.4, 0.5) is 0 Å². The average Bonchev–Trinajstić information content (AvgIpc) is 2.40. The molecule has 0 amide bonds. The molecule has 0 aromatic heterocycles. The molecule has 2 N–H and O–H groups in total. The molecule has 0 heterocycles. The Kier molecular flexibility index (Phi) is 3.47. The zero-order valence-electron chi connectivity index (χ0n) is 10.8. The highest BCUT2D eigenvalue weighted by Crippen LogP contribution is 2.19. The molecule has 0 fully saturated rings. The molecule has 0 saturated carbocycles. The summed E-state index contributed by atoms with van der Waals surface area (Å²) < 4.78 is 0. The van der Waals surface area contributed by atoms with Crippen LogP contribution in [0, 0.1) is 5.41 Å². The van der Waals surface area contributed by atoms with E-state index in [0.717, 1.165) is 5.56 Å². The molecule has 92 valence electrons. The van der Waals surface area contributed by atoms with Crippen LogP contribution in [-0.4, -0.2) is 5.84 Å². The van der Waals surface area contributed by atoms with Gasteiger partial charge < -0.3 is 5.32 Å². The molecule has 0 aliphatic carbocycles. The number of amidine groups is 1. The Morgan fingerprint density at radius 1 is 0.889 bits per heavy atom. The summed E-state index contributed by atoms with van der Waals surface area (Å²) in [6.45, 7) is 4.17. The van der Waals surface area contributed by atoms with Gasteiger partial charge in [-0.25, -0.2) is 0 Å². The fourth-order valence-electron chi connectivity index (χ4n) is 1.92. The summed E-state index contributed by atoms with van der Waals surface area (Å²) in [5.74, 6) is 0.449. The van der Waals surface area contributed by atoms with Crippen LogP contribution in [0.15, 0.2) is 60.7 Å². The molecule has 0 saturated heterocycles. The molecule has 2 aromatic carbocycles. The molecule has 2 aromatic rings. The van der Waals surface area contributed by atoms with Crippen molar-refractivity contribution in [2.24, 2.45) is 0 Å². The van der Waals surface area contributed by atoms with Gasteiger partial charge in [0.1, 0.15) is 5.84 Å². The third kappa shape index (κ3) is 2.77. The molecule has 2 rings (SSSR count). The second-order valence-electron chi connectivity index (χ2n) is 4.86. The number of hydrogen-bond acceptors (Lipinski definition) is 1. The topological polar surface area (TPSA) is 35.9 Å². The quantitative estimate of drug-likeness (QED) is 0.622. The van der Waals surface area contributed by atoms with Crippen molar-refractivity contribution in [3.8, 4) is 0 Å². The second kappa shape index (κ2) is 5.05. The Morgan fingerprint density at radius 3 is 1.94 bits per heavy atom. The van der Waals surface area contributed by atoms with Crippen molar-refractivity contribution in [1.29, 1.82) is 5.41 Å². The average molecular weight is 238 g/mol. The fraction of sp³-hybridized carbons (Fsp3) is 0.188. The van der Waals surface area contributed by atoms with Gasteiger partial charge in [-0.05, 0) is 19.4 Å². The lowest BCUT2D eigenvalue weighted by Gasteiger charge is -2.28. The maximum Gasteiger partial charge on any atom is 0.126 e. The molecule has 2 heteroatoms. The molecular weight excluding hydrogens is 220 g/mol. The first-order valence-electron chi connectivity index (χ1n) is 6.07. The third-order valence-corrected chi connectivity index (χ3v) is 3.00. The lowest BCUT2D eigenvalue weighted by molar-refractivity contribution is 0.485. The summed E-state index contributed by atoms with van der Waals surface area (Å²) >= 11 is 0. The smallest absolute Gasteiger partial charge is 0.126 e. The summed E-state index contributed by atoms with van der Waals surface area (Å²) in [5.41, 5.74) is 1.82. The molecule has 0 atom stereocenters. The number of nitrogens with one attached hydrogen (secondary N) is 2. The Morgan fingerprint density at radius 2 is 1.39 bits per heavy atom. The molecule has 0 radical (unpaired) electrons. The summed E-state index contributed by atoms with van der Waals surface area (Å²) in [6, 6.07) is 19.9. The predicted molar refractivity (Wildman–Crippen MR) is 75.9 cm³/mol. The maximum atomic E-state index is 8.12. The van der Waals surface area contributed by atoms with E-state index in [-0.39, 0.29) is 5.54 Å². The van der Waals surface area contributed by atoms with Crippen molar-refractivity contribution in [3.63, 3.8) is 0 Å². The van der Waals surface area contributed by atoms with E-state index in [4.69, 9.17) is 5.41 Å². The first-order valence-corrected chi connectivity index (χ1v) is 6.07. The van der Waals surface area contributed by atoms with Crippen LogP contribution in [0.3, 0.4) is 0 Å². The first kappa shape index (κ1) is 12.4. The van der Waals surface area contributed by atoms with Crippen molar-refractivity contribution in [2.45, 2.75) is 19.4 Å². The number of benzene rings is 2. The van der Waals surface area contributed by atoms with Gasteiger partial charge in [0.05, 0.1) is 5.54 Å².